The van der Waals surface area contributed by atoms with E-state index in [1.54, 1.807) is 0 Å². The van der Waals surface area contributed by atoms with Crippen LogP contribution in [0.2, 0.25) is 0 Å². The minimum atomic E-state index is 0.848. The van der Waals surface area contributed by atoms with Crippen molar-refractivity contribution in [2.45, 2.75) is 20.0 Å². The molecule has 0 unspecified atom stereocenters. The third-order valence-electron chi connectivity index (χ3n) is 2.88. The molecule has 0 aliphatic carbocycles. The molecule has 2 rings (SSSR count). The lowest BCUT2D eigenvalue weighted by Gasteiger charge is -2.17. The van der Waals surface area contributed by atoms with E-state index >= 15 is 0 Å². The van der Waals surface area contributed by atoms with Crippen LogP contribution in [0, 0.1) is 6.92 Å². The molecular weight excluding hydrogens is 222 g/mol. The Kier molecular flexibility index (Phi) is 3.95. The molecule has 0 saturated carbocycles. The number of para-hydroxylation sites is 1. The largest absolute Gasteiger partial charge is 0.398 e. The summed E-state index contributed by atoms with van der Waals surface area (Å²) in [4.78, 5) is 6.45. The highest BCUT2D eigenvalue weighted by Gasteiger charge is 2.04. The second-order valence-electron chi connectivity index (χ2n) is 4.74. The Bertz CT molecular complexity index is 523. The third-order valence-corrected chi connectivity index (χ3v) is 2.88. The van der Waals surface area contributed by atoms with Gasteiger partial charge in [-0.05, 0) is 36.7 Å². The van der Waals surface area contributed by atoms with Gasteiger partial charge < -0.3 is 5.73 Å². The monoisotopic (exact) mass is 241 g/mol. The average molecular weight is 241 g/mol. The van der Waals surface area contributed by atoms with Gasteiger partial charge in [-0.2, -0.15) is 0 Å². The average Bonchev–Trinajstić information content (AvgIpc) is 2.32. The molecule has 0 fully saturated rings. The molecule has 0 amide bonds. The van der Waals surface area contributed by atoms with Gasteiger partial charge in [0.1, 0.15) is 0 Å². The van der Waals surface area contributed by atoms with Crippen molar-refractivity contribution >= 4 is 5.69 Å². The van der Waals surface area contributed by atoms with E-state index in [-0.39, 0.29) is 0 Å². The molecular formula is C15H19N3. The maximum Gasteiger partial charge on any atom is 0.0359 e. The van der Waals surface area contributed by atoms with Crippen LogP contribution in [0.5, 0.6) is 0 Å². The smallest absolute Gasteiger partial charge is 0.0359 e. The van der Waals surface area contributed by atoms with Crippen LogP contribution in [0.15, 0.2) is 42.7 Å². The predicted octanol–water partition coefficient (Wildman–Crippen LogP) is 2.60. The highest BCUT2D eigenvalue weighted by atomic mass is 15.1. The van der Waals surface area contributed by atoms with Crippen molar-refractivity contribution in [1.29, 1.82) is 0 Å². The molecule has 94 valence electrons. The van der Waals surface area contributed by atoms with Crippen molar-refractivity contribution < 1.29 is 0 Å². The van der Waals surface area contributed by atoms with Gasteiger partial charge in [0.15, 0.2) is 0 Å². The van der Waals surface area contributed by atoms with E-state index < -0.39 is 0 Å². The molecule has 3 heteroatoms. The fourth-order valence-electron chi connectivity index (χ4n) is 2.04. The Hall–Kier alpha value is -1.87. The fraction of sp³-hybridized carbons (Fsp3) is 0.267. The quantitative estimate of drug-likeness (QED) is 0.837. The lowest BCUT2D eigenvalue weighted by Crippen LogP contribution is -2.18. The van der Waals surface area contributed by atoms with Crippen LogP contribution in [-0.4, -0.2) is 16.9 Å². The summed E-state index contributed by atoms with van der Waals surface area (Å²) in [5.74, 6) is 0. The molecule has 18 heavy (non-hydrogen) atoms. The molecule has 0 atom stereocenters. The van der Waals surface area contributed by atoms with E-state index in [1.165, 1.54) is 16.7 Å². The second kappa shape index (κ2) is 5.65. The van der Waals surface area contributed by atoms with E-state index in [1.807, 2.05) is 30.6 Å². The summed E-state index contributed by atoms with van der Waals surface area (Å²) in [7, 11) is 2.09. The molecule has 0 saturated heterocycles. The zero-order valence-electron chi connectivity index (χ0n) is 10.9. The van der Waals surface area contributed by atoms with Crippen LogP contribution in [0.1, 0.15) is 16.7 Å². The van der Waals surface area contributed by atoms with E-state index in [4.69, 9.17) is 5.73 Å². The van der Waals surface area contributed by atoms with Gasteiger partial charge in [0.2, 0.25) is 0 Å². The van der Waals surface area contributed by atoms with Gasteiger partial charge in [-0.1, -0.05) is 24.3 Å². The number of hydrogen-bond acceptors (Lipinski definition) is 3. The van der Waals surface area contributed by atoms with Crippen molar-refractivity contribution in [3.05, 3.63) is 59.4 Å². The topological polar surface area (TPSA) is 42.2 Å². The predicted molar refractivity (Wildman–Crippen MR) is 75.0 cm³/mol. The van der Waals surface area contributed by atoms with Crippen LogP contribution in [0.4, 0.5) is 5.69 Å². The van der Waals surface area contributed by atoms with E-state index in [9.17, 15) is 0 Å². The van der Waals surface area contributed by atoms with Crippen LogP contribution in [0.3, 0.4) is 0 Å². The molecule has 0 bridgehead atoms. The highest BCUT2D eigenvalue weighted by molar-refractivity contribution is 5.46. The number of aryl methyl sites for hydroxylation is 1. The minimum absolute atomic E-state index is 0.848. The Morgan fingerprint density at radius 2 is 1.94 bits per heavy atom. The number of anilines is 1. The van der Waals surface area contributed by atoms with E-state index in [0.29, 0.717) is 0 Å². The molecule has 0 radical (unpaired) electrons. The number of aromatic nitrogens is 1. The van der Waals surface area contributed by atoms with Crippen LogP contribution in [-0.2, 0) is 13.1 Å². The summed E-state index contributed by atoms with van der Waals surface area (Å²) < 4.78 is 0. The van der Waals surface area contributed by atoms with Crippen molar-refractivity contribution in [3.8, 4) is 0 Å². The number of nitrogens with two attached hydrogens (primary N) is 1. The van der Waals surface area contributed by atoms with Gasteiger partial charge in [-0.3, -0.25) is 9.88 Å². The summed E-state index contributed by atoms with van der Waals surface area (Å²) in [6.07, 6.45) is 3.79. The van der Waals surface area contributed by atoms with Gasteiger partial charge in [0, 0.05) is 31.2 Å². The molecule has 2 aromatic rings. The molecule has 0 aliphatic rings. The summed E-state index contributed by atoms with van der Waals surface area (Å²) in [5.41, 5.74) is 10.4. The minimum Gasteiger partial charge on any atom is -0.398 e. The normalized spacial score (nSPS) is 10.8. The number of pyridine rings is 1. The van der Waals surface area contributed by atoms with Crippen molar-refractivity contribution in [2.75, 3.05) is 12.8 Å². The summed E-state index contributed by atoms with van der Waals surface area (Å²) >= 11 is 0. The van der Waals surface area contributed by atoms with Crippen molar-refractivity contribution in [2.24, 2.45) is 0 Å². The Labute approximate surface area is 108 Å². The van der Waals surface area contributed by atoms with Crippen molar-refractivity contribution in [3.63, 3.8) is 0 Å². The van der Waals surface area contributed by atoms with E-state index in [2.05, 4.69) is 36.0 Å². The maximum atomic E-state index is 5.95. The first-order chi connectivity index (χ1) is 8.65. The lowest BCUT2D eigenvalue weighted by molar-refractivity contribution is 0.319. The van der Waals surface area contributed by atoms with E-state index in [0.717, 1.165) is 18.8 Å². The number of nitrogen functional groups attached to an aromatic ring is 1. The van der Waals surface area contributed by atoms with Crippen LogP contribution in [0.25, 0.3) is 0 Å². The maximum absolute atomic E-state index is 5.95. The molecule has 0 spiro atoms. The van der Waals surface area contributed by atoms with Gasteiger partial charge in [-0.15, -0.1) is 0 Å². The first kappa shape index (κ1) is 12.6. The number of rotatable bonds is 4. The molecule has 3 nitrogen and oxygen atoms in total. The molecule has 1 heterocycles. The Morgan fingerprint density at radius 1 is 1.17 bits per heavy atom. The zero-order valence-corrected chi connectivity index (χ0v) is 10.9. The fourth-order valence-corrected chi connectivity index (χ4v) is 2.04. The number of nitrogens with zero attached hydrogens (tertiary/aromatic N) is 2. The number of benzene rings is 1. The molecule has 1 aromatic carbocycles. The second-order valence-corrected chi connectivity index (χ2v) is 4.74. The number of hydrogen-bond donors (Lipinski definition) is 1. The standard InChI is InChI=1S/C15H19N3/c1-12-7-13(9-17-8-12)10-18(2)11-14-5-3-4-6-15(14)16/h3-9H,10-11,16H2,1-2H3. The summed E-state index contributed by atoms with van der Waals surface area (Å²) in [6.45, 7) is 3.79. The van der Waals surface area contributed by atoms with Gasteiger partial charge in [0.25, 0.3) is 0 Å². The molecule has 2 N–H and O–H groups in total. The van der Waals surface area contributed by atoms with Crippen LogP contribution >= 0.6 is 0 Å². The third kappa shape index (κ3) is 3.31. The summed E-state index contributed by atoms with van der Waals surface area (Å²) in [5, 5.41) is 0. The first-order valence-corrected chi connectivity index (χ1v) is 6.07. The van der Waals surface area contributed by atoms with Gasteiger partial charge >= 0.3 is 0 Å². The van der Waals surface area contributed by atoms with Crippen LogP contribution < -0.4 is 5.73 Å². The Balaban J connectivity index is 2.01. The van der Waals surface area contributed by atoms with Gasteiger partial charge in [-0.25, -0.2) is 0 Å². The molecule has 0 aliphatic heterocycles. The SMILES string of the molecule is Cc1cncc(CN(C)Cc2ccccc2N)c1. The van der Waals surface area contributed by atoms with Crippen molar-refractivity contribution in [1.82, 2.24) is 9.88 Å². The summed E-state index contributed by atoms with van der Waals surface area (Å²) in [6, 6.07) is 10.2. The lowest BCUT2D eigenvalue weighted by atomic mass is 10.1. The first-order valence-electron chi connectivity index (χ1n) is 6.07. The highest BCUT2D eigenvalue weighted by Crippen LogP contribution is 2.14. The zero-order chi connectivity index (χ0) is 13.0. The molecule has 1 aromatic heterocycles. The van der Waals surface area contributed by atoms with Gasteiger partial charge in [0.05, 0.1) is 0 Å². The Morgan fingerprint density at radius 3 is 2.67 bits per heavy atom.